The van der Waals surface area contributed by atoms with Crippen LogP contribution >= 0.6 is 0 Å². The molecular formula is C12H15N5NaO3. The Labute approximate surface area is 142 Å². The normalized spacial score (nSPS) is 25.2. The van der Waals surface area contributed by atoms with Crippen molar-refractivity contribution in [3.63, 3.8) is 0 Å². The number of nitrogens with one attached hydrogen (secondary N) is 1. The minimum Gasteiger partial charge on any atom is -0.396 e. The first kappa shape index (κ1) is 16.2. The number of nitrogens with two attached hydrogens (primary N) is 1. The first-order chi connectivity index (χ1) is 9.52. The van der Waals surface area contributed by atoms with Gasteiger partial charge < -0.3 is 20.5 Å². The SMILES string of the molecule is C=C1[C@H](CO)[C@@H](O)C[C@@H]1n1cnc2c(=O)[nH]c(N)nc21.[Na]. The Hall–Kier alpha value is -1.19. The summed E-state index contributed by atoms with van der Waals surface area (Å²) in [5.74, 6) is -0.371. The van der Waals surface area contributed by atoms with Crippen molar-refractivity contribution in [2.45, 2.75) is 18.6 Å². The Bertz CT molecular complexity index is 740. The third-order valence-electron chi connectivity index (χ3n) is 3.82. The van der Waals surface area contributed by atoms with Gasteiger partial charge in [0.05, 0.1) is 25.1 Å². The summed E-state index contributed by atoms with van der Waals surface area (Å²) in [7, 11) is 0. The average Bonchev–Trinajstić information content (AvgIpc) is 2.91. The molecule has 21 heavy (non-hydrogen) atoms. The number of fused-ring (bicyclic) bond motifs is 1. The standard InChI is InChI=1S/C12H15N5O3.Na/c1-5-6(3-18)8(19)2-7(5)17-4-14-9-10(17)15-12(13)16-11(9)20;/h4,6-8,18-19H,1-3H2,(H3,13,15,16,20);/t6-,7-,8-;/m0./s1. The number of imidazole rings is 1. The van der Waals surface area contributed by atoms with Crippen LogP contribution in [0.25, 0.3) is 11.2 Å². The van der Waals surface area contributed by atoms with Gasteiger partial charge in [-0.2, -0.15) is 4.98 Å². The van der Waals surface area contributed by atoms with E-state index < -0.39 is 11.7 Å². The number of hydrogen-bond acceptors (Lipinski definition) is 6. The fraction of sp³-hybridized carbons (Fsp3) is 0.417. The minimum atomic E-state index is -0.672. The summed E-state index contributed by atoms with van der Waals surface area (Å²) in [6.45, 7) is 3.76. The molecule has 1 fully saturated rings. The molecule has 1 saturated carbocycles. The van der Waals surface area contributed by atoms with Crippen molar-refractivity contribution >= 4 is 46.7 Å². The molecule has 2 aromatic heterocycles. The van der Waals surface area contributed by atoms with E-state index in [4.69, 9.17) is 5.73 Å². The van der Waals surface area contributed by atoms with E-state index in [0.717, 1.165) is 0 Å². The van der Waals surface area contributed by atoms with Crippen molar-refractivity contribution < 1.29 is 10.2 Å². The Balaban J connectivity index is 0.00000161. The Kier molecular flexibility index (Phi) is 4.54. The van der Waals surface area contributed by atoms with Crippen molar-refractivity contribution in [1.29, 1.82) is 0 Å². The van der Waals surface area contributed by atoms with E-state index >= 15 is 0 Å². The summed E-state index contributed by atoms with van der Waals surface area (Å²) in [6, 6.07) is -0.263. The van der Waals surface area contributed by atoms with Crippen LogP contribution in [0.4, 0.5) is 5.95 Å². The van der Waals surface area contributed by atoms with Crippen molar-refractivity contribution in [1.82, 2.24) is 19.5 Å². The molecular weight excluding hydrogens is 285 g/mol. The summed E-state index contributed by atoms with van der Waals surface area (Å²) in [6.07, 6.45) is 1.20. The molecule has 107 valence electrons. The maximum Gasteiger partial charge on any atom is 0.280 e. The predicted molar refractivity (Wildman–Crippen MR) is 77.7 cm³/mol. The number of aliphatic hydroxyl groups is 2. The van der Waals surface area contributed by atoms with E-state index in [9.17, 15) is 15.0 Å². The van der Waals surface area contributed by atoms with Crippen molar-refractivity contribution in [3.8, 4) is 0 Å². The van der Waals surface area contributed by atoms with E-state index in [1.165, 1.54) is 6.33 Å². The zero-order valence-electron chi connectivity index (χ0n) is 11.7. The first-order valence-electron chi connectivity index (χ1n) is 6.23. The quantitative estimate of drug-likeness (QED) is 0.407. The zero-order valence-corrected chi connectivity index (χ0v) is 13.7. The van der Waals surface area contributed by atoms with Gasteiger partial charge in [0.15, 0.2) is 11.2 Å². The fourth-order valence-electron chi connectivity index (χ4n) is 2.74. The summed E-state index contributed by atoms with van der Waals surface area (Å²) in [5, 5.41) is 19.2. The molecule has 0 aromatic carbocycles. The zero-order chi connectivity index (χ0) is 14.4. The molecule has 0 saturated heterocycles. The molecule has 1 aliphatic rings. The number of H-pyrrole nitrogens is 1. The van der Waals surface area contributed by atoms with Gasteiger partial charge in [0, 0.05) is 35.5 Å². The van der Waals surface area contributed by atoms with Gasteiger partial charge in [0.2, 0.25) is 5.95 Å². The largest absolute Gasteiger partial charge is 0.396 e. The average molecular weight is 300 g/mol. The fourth-order valence-corrected chi connectivity index (χ4v) is 2.74. The van der Waals surface area contributed by atoms with Crippen LogP contribution in [0.2, 0.25) is 0 Å². The molecule has 0 amide bonds. The summed E-state index contributed by atoms with van der Waals surface area (Å²) in [5.41, 5.74) is 6.37. The molecule has 8 nitrogen and oxygen atoms in total. The third kappa shape index (κ3) is 2.53. The van der Waals surface area contributed by atoms with Crippen LogP contribution in [0.5, 0.6) is 0 Å². The molecule has 3 rings (SSSR count). The molecule has 1 radical (unpaired) electrons. The van der Waals surface area contributed by atoms with Crippen molar-refractivity contribution in [3.05, 3.63) is 28.8 Å². The number of nitrogens with zero attached hydrogens (tertiary/aromatic N) is 3. The van der Waals surface area contributed by atoms with Crippen LogP contribution in [0.1, 0.15) is 12.5 Å². The van der Waals surface area contributed by atoms with Crippen LogP contribution in [0, 0.1) is 5.92 Å². The van der Waals surface area contributed by atoms with Gasteiger partial charge in [0.1, 0.15) is 0 Å². The number of rotatable bonds is 2. The molecule has 2 aromatic rings. The molecule has 3 atom stereocenters. The van der Waals surface area contributed by atoms with Gasteiger partial charge in [-0.1, -0.05) is 6.58 Å². The summed E-state index contributed by atoms with van der Waals surface area (Å²) in [4.78, 5) is 22.2. The van der Waals surface area contributed by atoms with Gasteiger partial charge in [-0.15, -0.1) is 0 Å². The first-order valence-corrected chi connectivity index (χ1v) is 6.23. The number of aromatic amines is 1. The molecule has 0 bridgehead atoms. The van der Waals surface area contributed by atoms with E-state index in [-0.39, 0.29) is 59.6 Å². The Morgan fingerprint density at radius 1 is 1.57 bits per heavy atom. The van der Waals surface area contributed by atoms with Gasteiger partial charge in [-0.3, -0.25) is 9.78 Å². The topological polar surface area (TPSA) is 130 Å². The van der Waals surface area contributed by atoms with Crippen molar-refractivity contribution in [2.24, 2.45) is 5.92 Å². The minimum absolute atomic E-state index is 0. The maximum atomic E-state index is 11.7. The second kappa shape index (κ2) is 5.90. The molecule has 0 aliphatic heterocycles. The van der Waals surface area contributed by atoms with Crippen LogP contribution < -0.4 is 11.3 Å². The van der Waals surface area contributed by atoms with Gasteiger partial charge in [-0.25, -0.2) is 4.98 Å². The number of nitrogen functional groups attached to an aromatic ring is 1. The third-order valence-corrected chi connectivity index (χ3v) is 3.82. The molecule has 1 aliphatic carbocycles. The monoisotopic (exact) mass is 300 g/mol. The van der Waals surface area contributed by atoms with Crippen molar-refractivity contribution in [2.75, 3.05) is 12.3 Å². The molecule has 5 N–H and O–H groups in total. The van der Waals surface area contributed by atoms with Crippen LogP contribution in [-0.4, -0.2) is 72.0 Å². The number of aliphatic hydroxyl groups excluding tert-OH is 2. The summed E-state index contributed by atoms with van der Waals surface area (Å²) < 4.78 is 1.67. The van der Waals surface area contributed by atoms with Crippen LogP contribution in [0.15, 0.2) is 23.3 Å². The maximum absolute atomic E-state index is 11.7. The smallest absolute Gasteiger partial charge is 0.280 e. The second-order valence-corrected chi connectivity index (χ2v) is 4.96. The number of aromatic nitrogens is 4. The van der Waals surface area contributed by atoms with E-state index in [2.05, 4.69) is 21.5 Å². The van der Waals surface area contributed by atoms with Gasteiger partial charge in [0.25, 0.3) is 5.56 Å². The Morgan fingerprint density at radius 3 is 2.90 bits per heavy atom. The number of anilines is 1. The van der Waals surface area contributed by atoms with Gasteiger partial charge in [-0.05, 0) is 12.0 Å². The van der Waals surface area contributed by atoms with E-state index in [0.29, 0.717) is 17.6 Å². The molecule has 2 heterocycles. The predicted octanol–water partition coefficient (Wildman–Crippen LogP) is -1.21. The second-order valence-electron chi connectivity index (χ2n) is 4.96. The van der Waals surface area contributed by atoms with E-state index in [1.807, 2.05) is 0 Å². The molecule has 0 spiro atoms. The van der Waals surface area contributed by atoms with Crippen LogP contribution in [0.3, 0.4) is 0 Å². The number of hydrogen-bond donors (Lipinski definition) is 4. The molecule has 9 heteroatoms. The van der Waals surface area contributed by atoms with Crippen LogP contribution in [-0.2, 0) is 0 Å². The van der Waals surface area contributed by atoms with E-state index in [1.54, 1.807) is 4.57 Å². The van der Waals surface area contributed by atoms with Gasteiger partial charge >= 0.3 is 0 Å². The summed E-state index contributed by atoms with van der Waals surface area (Å²) >= 11 is 0. The Morgan fingerprint density at radius 2 is 2.29 bits per heavy atom. The molecule has 0 unspecified atom stereocenters.